The molecule has 1 aromatic rings. The molecule has 0 aliphatic heterocycles. The highest BCUT2D eigenvalue weighted by Crippen LogP contribution is 2.23. The van der Waals surface area contributed by atoms with Crippen molar-refractivity contribution in [3.8, 4) is 0 Å². The number of nitro groups is 1. The SMILES string of the molecule is CC(O)C(N)CNc1ccc([N+](=O)[O-])cc1I. The molecule has 0 heterocycles. The maximum absolute atomic E-state index is 10.5. The van der Waals surface area contributed by atoms with E-state index in [2.05, 4.69) is 5.32 Å². The fourth-order valence-electron chi connectivity index (χ4n) is 1.16. The van der Waals surface area contributed by atoms with Gasteiger partial charge in [0.2, 0.25) is 0 Å². The Kier molecular flexibility index (Phi) is 5.09. The highest BCUT2D eigenvalue weighted by Gasteiger charge is 2.12. The van der Waals surface area contributed by atoms with Crippen LogP contribution in [0.3, 0.4) is 0 Å². The summed E-state index contributed by atoms with van der Waals surface area (Å²) in [4.78, 5) is 10.1. The summed E-state index contributed by atoms with van der Waals surface area (Å²) >= 11 is 2.01. The molecule has 0 aliphatic carbocycles. The largest absolute Gasteiger partial charge is 0.392 e. The van der Waals surface area contributed by atoms with E-state index >= 15 is 0 Å². The summed E-state index contributed by atoms with van der Waals surface area (Å²) < 4.78 is 0.745. The first kappa shape index (κ1) is 14.1. The lowest BCUT2D eigenvalue weighted by atomic mass is 10.2. The fraction of sp³-hybridized carbons (Fsp3) is 0.400. The van der Waals surface area contributed by atoms with Gasteiger partial charge in [0.05, 0.1) is 11.0 Å². The lowest BCUT2D eigenvalue weighted by Crippen LogP contribution is -2.38. The molecule has 4 N–H and O–H groups in total. The second kappa shape index (κ2) is 6.12. The summed E-state index contributed by atoms with van der Waals surface area (Å²) in [5, 5.41) is 22.8. The Morgan fingerprint density at radius 1 is 1.65 bits per heavy atom. The monoisotopic (exact) mass is 351 g/mol. The van der Waals surface area contributed by atoms with E-state index in [-0.39, 0.29) is 11.7 Å². The number of rotatable bonds is 5. The van der Waals surface area contributed by atoms with Crippen molar-refractivity contribution in [2.75, 3.05) is 11.9 Å². The molecular formula is C10H14IN3O3. The van der Waals surface area contributed by atoms with Crippen molar-refractivity contribution >= 4 is 34.0 Å². The molecule has 0 radical (unpaired) electrons. The predicted octanol–water partition coefficient (Wildman–Crippen LogP) is 1.32. The molecule has 2 unspecified atom stereocenters. The number of nitrogens with two attached hydrogens (primary N) is 1. The molecule has 0 aromatic heterocycles. The van der Waals surface area contributed by atoms with Gasteiger partial charge in [0.15, 0.2) is 0 Å². The van der Waals surface area contributed by atoms with Gasteiger partial charge in [0, 0.05) is 34.0 Å². The van der Waals surface area contributed by atoms with Crippen molar-refractivity contribution < 1.29 is 10.0 Å². The van der Waals surface area contributed by atoms with Crippen LogP contribution >= 0.6 is 22.6 Å². The molecule has 1 aromatic carbocycles. The minimum Gasteiger partial charge on any atom is -0.392 e. The number of nitrogens with zero attached hydrogens (tertiary/aromatic N) is 1. The maximum atomic E-state index is 10.5. The van der Waals surface area contributed by atoms with E-state index in [9.17, 15) is 15.2 Å². The van der Waals surface area contributed by atoms with Gasteiger partial charge in [0.25, 0.3) is 5.69 Å². The van der Waals surface area contributed by atoms with Crippen molar-refractivity contribution in [1.82, 2.24) is 0 Å². The van der Waals surface area contributed by atoms with Gasteiger partial charge >= 0.3 is 0 Å². The second-order valence-electron chi connectivity index (χ2n) is 3.71. The number of aliphatic hydroxyl groups is 1. The Balaban J connectivity index is 2.70. The molecule has 0 aliphatic rings. The van der Waals surface area contributed by atoms with Gasteiger partial charge < -0.3 is 16.2 Å². The normalized spacial score (nSPS) is 14.1. The molecule has 0 spiro atoms. The lowest BCUT2D eigenvalue weighted by molar-refractivity contribution is -0.384. The van der Waals surface area contributed by atoms with Crippen LogP contribution in [-0.2, 0) is 0 Å². The fourth-order valence-corrected chi connectivity index (χ4v) is 1.85. The molecule has 0 bridgehead atoms. The predicted molar refractivity (Wildman–Crippen MR) is 74.0 cm³/mol. The van der Waals surface area contributed by atoms with E-state index in [4.69, 9.17) is 5.73 Å². The molecule has 1 rings (SSSR count). The van der Waals surface area contributed by atoms with E-state index in [1.54, 1.807) is 13.0 Å². The third-order valence-corrected chi connectivity index (χ3v) is 3.20. The van der Waals surface area contributed by atoms with E-state index in [0.29, 0.717) is 6.54 Å². The Bertz CT molecular complexity index is 412. The number of anilines is 1. The van der Waals surface area contributed by atoms with Gasteiger partial charge in [0.1, 0.15) is 0 Å². The van der Waals surface area contributed by atoms with Crippen molar-refractivity contribution in [3.63, 3.8) is 0 Å². The zero-order valence-electron chi connectivity index (χ0n) is 9.26. The van der Waals surface area contributed by atoms with Crippen molar-refractivity contribution in [3.05, 3.63) is 31.9 Å². The van der Waals surface area contributed by atoms with Crippen LogP contribution in [0.2, 0.25) is 0 Å². The molecule has 7 heteroatoms. The molecule has 0 saturated heterocycles. The molecule has 0 saturated carbocycles. The van der Waals surface area contributed by atoms with Crippen LogP contribution in [0.1, 0.15) is 6.92 Å². The summed E-state index contributed by atoms with van der Waals surface area (Å²) in [6, 6.07) is 4.17. The maximum Gasteiger partial charge on any atom is 0.270 e. The Morgan fingerprint density at radius 3 is 2.76 bits per heavy atom. The Morgan fingerprint density at radius 2 is 2.29 bits per heavy atom. The summed E-state index contributed by atoms with van der Waals surface area (Å²) in [5.41, 5.74) is 6.50. The quantitative estimate of drug-likeness (QED) is 0.422. The van der Waals surface area contributed by atoms with Gasteiger partial charge in [-0.2, -0.15) is 0 Å². The van der Waals surface area contributed by atoms with Crippen LogP contribution in [-0.4, -0.2) is 28.7 Å². The summed E-state index contributed by atoms with van der Waals surface area (Å²) in [7, 11) is 0. The van der Waals surface area contributed by atoms with E-state index < -0.39 is 11.0 Å². The van der Waals surface area contributed by atoms with Crippen LogP contribution in [0.5, 0.6) is 0 Å². The number of non-ortho nitro benzene ring substituents is 1. The Labute approximate surface area is 112 Å². The zero-order chi connectivity index (χ0) is 13.0. The first-order valence-electron chi connectivity index (χ1n) is 5.03. The van der Waals surface area contributed by atoms with Gasteiger partial charge in [-0.25, -0.2) is 0 Å². The van der Waals surface area contributed by atoms with Gasteiger partial charge in [-0.1, -0.05) is 0 Å². The van der Waals surface area contributed by atoms with Crippen molar-refractivity contribution in [2.24, 2.45) is 5.73 Å². The van der Waals surface area contributed by atoms with Gasteiger partial charge in [-0.05, 0) is 35.6 Å². The highest BCUT2D eigenvalue weighted by atomic mass is 127. The number of halogens is 1. The van der Waals surface area contributed by atoms with Crippen LogP contribution in [0.4, 0.5) is 11.4 Å². The first-order chi connectivity index (χ1) is 7.91. The molecule has 0 fully saturated rings. The van der Waals surface area contributed by atoms with Crippen LogP contribution in [0.15, 0.2) is 18.2 Å². The number of hydrogen-bond donors (Lipinski definition) is 3. The molecular weight excluding hydrogens is 337 g/mol. The number of nitro benzene ring substituents is 1. The first-order valence-corrected chi connectivity index (χ1v) is 6.11. The minimum atomic E-state index is -0.599. The molecule has 94 valence electrons. The molecule has 2 atom stereocenters. The van der Waals surface area contributed by atoms with Crippen molar-refractivity contribution in [1.29, 1.82) is 0 Å². The van der Waals surface area contributed by atoms with E-state index in [1.165, 1.54) is 12.1 Å². The van der Waals surface area contributed by atoms with Crippen LogP contribution in [0, 0.1) is 13.7 Å². The topological polar surface area (TPSA) is 101 Å². The lowest BCUT2D eigenvalue weighted by Gasteiger charge is -2.16. The van der Waals surface area contributed by atoms with Crippen LogP contribution in [0.25, 0.3) is 0 Å². The zero-order valence-corrected chi connectivity index (χ0v) is 11.4. The minimum absolute atomic E-state index is 0.0553. The number of aliphatic hydroxyl groups excluding tert-OH is 1. The molecule has 17 heavy (non-hydrogen) atoms. The standard InChI is InChI=1S/C10H14IN3O3/c1-6(15)9(12)5-13-10-3-2-7(14(16)17)4-8(10)11/h2-4,6,9,13,15H,5,12H2,1H3. The number of benzene rings is 1. The highest BCUT2D eigenvalue weighted by molar-refractivity contribution is 14.1. The van der Waals surface area contributed by atoms with E-state index in [0.717, 1.165) is 9.26 Å². The summed E-state index contributed by atoms with van der Waals surface area (Å²) in [6.07, 6.45) is -0.599. The smallest absolute Gasteiger partial charge is 0.270 e. The molecule has 6 nitrogen and oxygen atoms in total. The average molecular weight is 351 g/mol. The number of nitrogens with one attached hydrogen (secondary N) is 1. The number of hydrogen-bond acceptors (Lipinski definition) is 5. The van der Waals surface area contributed by atoms with E-state index in [1.807, 2.05) is 22.6 Å². The Hall–Kier alpha value is -0.930. The van der Waals surface area contributed by atoms with Crippen molar-refractivity contribution in [2.45, 2.75) is 19.1 Å². The average Bonchev–Trinajstić information content (AvgIpc) is 2.26. The van der Waals surface area contributed by atoms with Crippen LogP contribution < -0.4 is 11.1 Å². The third kappa shape index (κ3) is 4.10. The van der Waals surface area contributed by atoms with Gasteiger partial charge in [-0.15, -0.1) is 0 Å². The third-order valence-electron chi connectivity index (χ3n) is 2.31. The van der Waals surface area contributed by atoms with Gasteiger partial charge in [-0.3, -0.25) is 10.1 Å². The summed E-state index contributed by atoms with van der Waals surface area (Å²) in [6.45, 7) is 2.03. The second-order valence-corrected chi connectivity index (χ2v) is 4.87. The summed E-state index contributed by atoms with van der Waals surface area (Å²) in [5.74, 6) is 0. The molecule has 0 amide bonds.